The molecule has 1 aromatic heterocycles. The normalized spacial score (nSPS) is 22.2. The quantitative estimate of drug-likeness (QED) is 0.620. The Morgan fingerprint density at radius 2 is 2.46 bits per heavy atom. The number of hydrogen-bond acceptors (Lipinski definition) is 2. The first-order chi connectivity index (χ1) is 6.40. The molecule has 13 heavy (non-hydrogen) atoms. The standard InChI is InChI=1S/C10H15BN2/c11-7-9-4-6-13(8-9)10-3-1-2-5-12-10/h1-3,5,9H,4,6-8,11H2. The molecule has 1 aromatic rings. The van der Waals surface area contributed by atoms with E-state index in [0.717, 1.165) is 11.7 Å². The fourth-order valence-electron chi connectivity index (χ4n) is 1.91. The summed E-state index contributed by atoms with van der Waals surface area (Å²) in [7, 11) is 2.27. The minimum atomic E-state index is 0.877. The molecule has 1 atom stereocenters. The van der Waals surface area contributed by atoms with Crippen LogP contribution in [0.25, 0.3) is 0 Å². The molecule has 0 N–H and O–H groups in total. The van der Waals surface area contributed by atoms with Gasteiger partial charge < -0.3 is 4.90 Å². The molecule has 0 bridgehead atoms. The maximum Gasteiger partial charge on any atom is 0.128 e. The van der Waals surface area contributed by atoms with Crippen LogP contribution < -0.4 is 4.90 Å². The summed E-state index contributed by atoms with van der Waals surface area (Å²) in [5, 5.41) is 0. The Hall–Kier alpha value is -0.985. The second-order valence-electron chi connectivity index (χ2n) is 3.70. The third-order valence-electron chi connectivity index (χ3n) is 2.84. The monoisotopic (exact) mass is 174 g/mol. The summed E-state index contributed by atoms with van der Waals surface area (Å²) in [5.74, 6) is 2.01. The molecule has 1 unspecified atom stereocenters. The van der Waals surface area contributed by atoms with Gasteiger partial charge in [-0.2, -0.15) is 0 Å². The van der Waals surface area contributed by atoms with E-state index < -0.39 is 0 Å². The number of nitrogens with zero attached hydrogens (tertiary/aromatic N) is 2. The molecule has 0 amide bonds. The van der Waals surface area contributed by atoms with Crippen LogP contribution in [0.1, 0.15) is 6.42 Å². The van der Waals surface area contributed by atoms with Gasteiger partial charge in [-0.3, -0.25) is 0 Å². The molecule has 68 valence electrons. The van der Waals surface area contributed by atoms with Gasteiger partial charge in [-0.15, -0.1) is 0 Å². The fraction of sp³-hybridized carbons (Fsp3) is 0.500. The number of anilines is 1. The molecule has 2 rings (SSSR count). The van der Waals surface area contributed by atoms with Crippen molar-refractivity contribution in [1.29, 1.82) is 0 Å². The van der Waals surface area contributed by atoms with Crippen molar-refractivity contribution in [3.05, 3.63) is 24.4 Å². The summed E-state index contributed by atoms with van der Waals surface area (Å²) in [6.45, 7) is 2.36. The van der Waals surface area contributed by atoms with E-state index in [1.807, 2.05) is 12.3 Å². The predicted molar refractivity (Wildman–Crippen MR) is 57.9 cm³/mol. The highest BCUT2D eigenvalue weighted by atomic mass is 15.2. The van der Waals surface area contributed by atoms with Crippen molar-refractivity contribution >= 4 is 13.7 Å². The smallest absolute Gasteiger partial charge is 0.128 e. The first-order valence-electron chi connectivity index (χ1n) is 5.06. The fourth-order valence-corrected chi connectivity index (χ4v) is 1.91. The Morgan fingerprint density at radius 1 is 1.54 bits per heavy atom. The van der Waals surface area contributed by atoms with E-state index in [-0.39, 0.29) is 0 Å². The molecule has 2 nitrogen and oxygen atoms in total. The summed E-state index contributed by atoms with van der Waals surface area (Å²) in [5.41, 5.74) is 0. The van der Waals surface area contributed by atoms with Gasteiger partial charge in [-0.1, -0.05) is 12.4 Å². The Labute approximate surface area is 80.4 Å². The van der Waals surface area contributed by atoms with Crippen LogP contribution in [0.15, 0.2) is 24.4 Å². The van der Waals surface area contributed by atoms with Crippen LogP contribution in [-0.4, -0.2) is 25.9 Å². The van der Waals surface area contributed by atoms with Crippen molar-refractivity contribution in [2.75, 3.05) is 18.0 Å². The minimum Gasteiger partial charge on any atom is -0.356 e. The largest absolute Gasteiger partial charge is 0.356 e. The second kappa shape index (κ2) is 3.82. The van der Waals surface area contributed by atoms with Crippen LogP contribution in [0.4, 0.5) is 5.82 Å². The van der Waals surface area contributed by atoms with Gasteiger partial charge in [0.1, 0.15) is 13.7 Å². The van der Waals surface area contributed by atoms with Crippen molar-refractivity contribution in [2.45, 2.75) is 12.7 Å². The van der Waals surface area contributed by atoms with Gasteiger partial charge in [-0.25, -0.2) is 4.98 Å². The highest BCUT2D eigenvalue weighted by molar-refractivity contribution is 6.08. The lowest BCUT2D eigenvalue weighted by Crippen LogP contribution is -2.20. The lowest BCUT2D eigenvalue weighted by atomic mass is 9.91. The van der Waals surface area contributed by atoms with Gasteiger partial charge in [0.05, 0.1) is 0 Å². The molecule has 0 radical (unpaired) electrons. The molecule has 0 aromatic carbocycles. The Morgan fingerprint density at radius 3 is 3.08 bits per heavy atom. The van der Waals surface area contributed by atoms with Gasteiger partial charge in [0, 0.05) is 19.3 Å². The van der Waals surface area contributed by atoms with Gasteiger partial charge in [0.25, 0.3) is 0 Å². The number of rotatable bonds is 2. The maximum atomic E-state index is 4.36. The maximum absolute atomic E-state index is 4.36. The van der Waals surface area contributed by atoms with Crippen LogP contribution in [0.5, 0.6) is 0 Å². The van der Waals surface area contributed by atoms with Crippen LogP contribution >= 0.6 is 0 Å². The molecule has 2 heterocycles. The van der Waals surface area contributed by atoms with E-state index in [1.54, 1.807) is 0 Å². The van der Waals surface area contributed by atoms with E-state index in [2.05, 4.69) is 29.9 Å². The Bertz CT molecular complexity index is 263. The predicted octanol–water partition coefficient (Wildman–Crippen LogP) is 0.959. The van der Waals surface area contributed by atoms with Crippen molar-refractivity contribution in [2.24, 2.45) is 5.92 Å². The molecule has 0 saturated carbocycles. The molecule has 3 heteroatoms. The van der Waals surface area contributed by atoms with E-state index in [4.69, 9.17) is 0 Å². The van der Waals surface area contributed by atoms with Crippen LogP contribution in [0.2, 0.25) is 6.32 Å². The molecule has 0 aliphatic carbocycles. The van der Waals surface area contributed by atoms with Gasteiger partial charge in [0.2, 0.25) is 0 Å². The van der Waals surface area contributed by atoms with E-state index in [1.165, 1.54) is 25.8 Å². The lowest BCUT2D eigenvalue weighted by Gasteiger charge is -2.16. The molecule has 1 aliphatic heterocycles. The number of hydrogen-bond donors (Lipinski definition) is 0. The zero-order valence-electron chi connectivity index (χ0n) is 8.11. The number of pyridine rings is 1. The van der Waals surface area contributed by atoms with Crippen molar-refractivity contribution in [1.82, 2.24) is 4.98 Å². The highest BCUT2D eigenvalue weighted by Crippen LogP contribution is 2.22. The Balaban J connectivity index is 2.04. The van der Waals surface area contributed by atoms with E-state index >= 15 is 0 Å². The van der Waals surface area contributed by atoms with Crippen molar-refractivity contribution in [3.63, 3.8) is 0 Å². The lowest BCUT2D eigenvalue weighted by molar-refractivity contribution is 0.658. The molecule has 1 saturated heterocycles. The highest BCUT2D eigenvalue weighted by Gasteiger charge is 2.21. The summed E-state index contributed by atoms with van der Waals surface area (Å²) in [4.78, 5) is 6.74. The topological polar surface area (TPSA) is 16.1 Å². The van der Waals surface area contributed by atoms with Crippen molar-refractivity contribution in [3.8, 4) is 0 Å². The molecule has 1 fully saturated rings. The number of aromatic nitrogens is 1. The van der Waals surface area contributed by atoms with Crippen LogP contribution in [-0.2, 0) is 0 Å². The minimum absolute atomic E-state index is 0.877. The summed E-state index contributed by atoms with van der Waals surface area (Å²) in [6.07, 6.45) is 4.49. The SMILES string of the molecule is BCC1CCN(c2ccccn2)C1. The zero-order valence-corrected chi connectivity index (χ0v) is 8.11. The van der Waals surface area contributed by atoms with Crippen LogP contribution in [0.3, 0.4) is 0 Å². The average molecular weight is 174 g/mol. The first-order valence-corrected chi connectivity index (χ1v) is 5.06. The third-order valence-corrected chi connectivity index (χ3v) is 2.84. The van der Waals surface area contributed by atoms with Gasteiger partial charge in [0.15, 0.2) is 0 Å². The van der Waals surface area contributed by atoms with E-state index in [9.17, 15) is 0 Å². The Kier molecular flexibility index (Phi) is 2.53. The first kappa shape index (κ1) is 8.61. The summed E-state index contributed by atoms with van der Waals surface area (Å²) >= 11 is 0. The second-order valence-corrected chi connectivity index (χ2v) is 3.70. The molecular formula is C10H15BN2. The molecule has 0 spiro atoms. The third kappa shape index (κ3) is 1.85. The van der Waals surface area contributed by atoms with Crippen molar-refractivity contribution < 1.29 is 0 Å². The van der Waals surface area contributed by atoms with Gasteiger partial charge >= 0.3 is 0 Å². The zero-order chi connectivity index (χ0) is 9.10. The molecule has 1 aliphatic rings. The summed E-state index contributed by atoms with van der Waals surface area (Å²) < 4.78 is 0. The van der Waals surface area contributed by atoms with Gasteiger partial charge in [-0.05, 0) is 24.5 Å². The van der Waals surface area contributed by atoms with Crippen LogP contribution in [0, 0.1) is 5.92 Å². The van der Waals surface area contributed by atoms with E-state index in [0.29, 0.717) is 0 Å². The summed E-state index contributed by atoms with van der Waals surface area (Å²) in [6, 6.07) is 6.12. The average Bonchev–Trinajstić information content (AvgIpc) is 2.67. The molecular weight excluding hydrogens is 159 g/mol.